The third kappa shape index (κ3) is 3.47. The molecule has 1 spiro atoms. The monoisotopic (exact) mass is 333 g/mol. The van der Waals surface area contributed by atoms with Crippen LogP contribution in [0.5, 0.6) is 0 Å². The number of nitrogens with zero attached hydrogens (tertiary/aromatic N) is 2. The highest BCUT2D eigenvalue weighted by molar-refractivity contribution is 5.75. The third-order valence-corrected chi connectivity index (χ3v) is 6.40. The van der Waals surface area contributed by atoms with Crippen molar-refractivity contribution in [3.05, 3.63) is 12.2 Å². The van der Waals surface area contributed by atoms with Gasteiger partial charge in [0.15, 0.2) is 0 Å². The van der Waals surface area contributed by atoms with Crippen molar-refractivity contribution in [3.63, 3.8) is 0 Å². The second kappa shape index (κ2) is 7.04. The Bertz CT molecular complexity index is 473. The van der Waals surface area contributed by atoms with Crippen molar-refractivity contribution >= 4 is 6.03 Å². The Balaban J connectivity index is 1.28. The van der Waals surface area contributed by atoms with Crippen LogP contribution in [0.25, 0.3) is 0 Å². The molecule has 4 aliphatic rings. The zero-order valence-corrected chi connectivity index (χ0v) is 14.7. The van der Waals surface area contributed by atoms with E-state index in [-0.39, 0.29) is 17.7 Å². The first kappa shape index (κ1) is 16.4. The van der Waals surface area contributed by atoms with E-state index in [0.717, 1.165) is 52.0 Å². The number of urea groups is 1. The van der Waals surface area contributed by atoms with Crippen LogP contribution in [0, 0.1) is 0 Å². The number of carbonyl (C=O) groups is 1. The van der Waals surface area contributed by atoms with Gasteiger partial charge in [0, 0.05) is 44.9 Å². The van der Waals surface area contributed by atoms with Crippen molar-refractivity contribution in [2.45, 2.75) is 69.1 Å². The van der Waals surface area contributed by atoms with Gasteiger partial charge in [-0.05, 0) is 32.1 Å². The van der Waals surface area contributed by atoms with Gasteiger partial charge in [0.25, 0.3) is 0 Å². The van der Waals surface area contributed by atoms with Crippen LogP contribution >= 0.6 is 0 Å². The zero-order valence-electron chi connectivity index (χ0n) is 14.7. The smallest absolute Gasteiger partial charge is 0.317 e. The molecule has 5 nitrogen and oxygen atoms in total. The summed E-state index contributed by atoms with van der Waals surface area (Å²) in [6.45, 7) is 4.65. The molecule has 2 saturated heterocycles. The van der Waals surface area contributed by atoms with E-state index in [2.05, 4.69) is 22.4 Å². The van der Waals surface area contributed by atoms with Crippen molar-refractivity contribution < 1.29 is 9.53 Å². The Morgan fingerprint density at radius 3 is 2.71 bits per heavy atom. The van der Waals surface area contributed by atoms with E-state index in [1.807, 2.05) is 4.90 Å². The molecule has 2 atom stereocenters. The van der Waals surface area contributed by atoms with Crippen LogP contribution in [-0.4, -0.2) is 66.3 Å². The molecular weight excluding hydrogens is 302 g/mol. The van der Waals surface area contributed by atoms with Crippen molar-refractivity contribution in [2.24, 2.45) is 0 Å². The summed E-state index contributed by atoms with van der Waals surface area (Å²) in [5.74, 6) is 0. The number of hydrogen-bond acceptors (Lipinski definition) is 3. The number of nitrogens with one attached hydrogen (secondary N) is 1. The molecule has 4 rings (SSSR count). The molecule has 3 aliphatic heterocycles. The molecule has 24 heavy (non-hydrogen) atoms. The molecule has 5 heteroatoms. The van der Waals surface area contributed by atoms with Crippen LogP contribution in [0.15, 0.2) is 12.2 Å². The molecule has 1 saturated carbocycles. The fraction of sp³-hybridized carbons (Fsp3) is 0.842. The van der Waals surface area contributed by atoms with Gasteiger partial charge >= 0.3 is 6.03 Å². The fourth-order valence-corrected chi connectivity index (χ4v) is 4.98. The van der Waals surface area contributed by atoms with Gasteiger partial charge in [0.05, 0.1) is 5.60 Å². The van der Waals surface area contributed by atoms with Crippen LogP contribution in [0.3, 0.4) is 0 Å². The Morgan fingerprint density at radius 1 is 1.12 bits per heavy atom. The Morgan fingerprint density at radius 2 is 1.92 bits per heavy atom. The third-order valence-electron chi connectivity index (χ3n) is 6.40. The van der Waals surface area contributed by atoms with Gasteiger partial charge in [0.2, 0.25) is 0 Å². The number of rotatable bonds is 2. The molecule has 3 heterocycles. The summed E-state index contributed by atoms with van der Waals surface area (Å²) < 4.78 is 6.15. The highest BCUT2D eigenvalue weighted by Gasteiger charge is 2.39. The minimum absolute atomic E-state index is 0.0587. The predicted octanol–water partition coefficient (Wildman–Crippen LogP) is 2.52. The van der Waals surface area contributed by atoms with E-state index < -0.39 is 0 Å². The summed E-state index contributed by atoms with van der Waals surface area (Å²) >= 11 is 0. The number of hydrogen-bond donors (Lipinski definition) is 1. The number of ether oxygens (including phenoxy) is 1. The van der Waals surface area contributed by atoms with E-state index in [4.69, 9.17) is 4.74 Å². The zero-order chi connectivity index (χ0) is 16.4. The first-order valence-corrected chi connectivity index (χ1v) is 9.83. The van der Waals surface area contributed by atoms with Gasteiger partial charge in [-0.3, -0.25) is 4.90 Å². The van der Waals surface area contributed by atoms with Crippen molar-refractivity contribution in [1.82, 2.24) is 15.1 Å². The predicted molar refractivity (Wildman–Crippen MR) is 94.0 cm³/mol. The van der Waals surface area contributed by atoms with Crippen LogP contribution in [0.1, 0.15) is 51.4 Å². The topological polar surface area (TPSA) is 44.8 Å². The minimum atomic E-state index is 0.0587. The molecule has 3 fully saturated rings. The maximum atomic E-state index is 12.7. The van der Waals surface area contributed by atoms with E-state index in [9.17, 15) is 4.79 Å². The van der Waals surface area contributed by atoms with Crippen LogP contribution in [-0.2, 0) is 4.74 Å². The maximum absolute atomic E-state index is 12.7. The summed E-state index contributed by atoms with van der Waals surface area (Å²) in [5, 5.41) is 3.32. The average Bonchev–Trinajstić information content (AvgIpc) is 3.27. The molecule has 0 aromatic carbocycles. The summed E-state index contributed by atoms with van der Waals surface area (Å²) in [6.07, 6.45) is 13.8. The average molecular weight is 333 g/mol. The van der Waals surface area contributed by atoms with Crippen LogP contribution < -0.4 is 5.32 Å². The summed E-state index contributed by atoms with van der Waals surface area (Å²) in [7, 11) is 0. The molecule has 134 valence electrons. The lowest BCUT2D eigenvalue weighted by atomic mass is 9.78. The van der Waals surface area contributed by atoms with Gasteiger partial charge < -0.3 is 15.0 Å². The lowest BCUT2D eigenvalue weighted by Crippen LogP contribution is -2.52. The molecule has 1 N–H and O–H groups in total. The van der Waals surface area contributed by atoms with Gasteiger partial charge in [0.1, 0.15) is 0 Å². The molecule has 0 aromatic rings. The van der Waals surface area contributed by atoms with Crippen molar-refractivity contribution in [3.8, 4) is 0 Å². The van der Waals surface area contributed by atoms with Crippen LogP contribution in [0.4, 0.5) is 4.79 Å². The Labute approximate surface area is 145 Å². The van der Waals surface area contributed by atoms with Crippen molar-refractivity contribution in [2.75, 3.05) is 32.8 Å². The van der Waals surface area contributed by atoms with Gasteiger partial charge in [-0.15, -0.1) is 0 Å². The summed E-state index contributed by atoms with van der Waals surface area (Å²) in [5.41, 5.74) is 0.0587. The molecule has 2 amide bonds. The van der Waals surface area contributed by atoms with E-state index in [1.54, 1.807) is 0 Å². The Kier molecular flexibility index (Phi) is 4.81. The van der Waals surface area contributed by atoms with Gasteiger partial charge in [-0.25, -0.2) is 4.79 Å². The van der Waals surface area contributed by atoms with E-state index in [0.29, 0.717) is 6.04 Å². The molecule has 0 radical (unpaired) electrons. The van der Waals surface area contributed by atoms with Crippen molar-refractivity contribution in [1.29, 1.82) is 0 Å². The molecule has 0 aromatic heterocycles. The second-order valence-electron chi connectivity index (χ2n) is 8.05. The number of likely N-dealkylation sites (tertiary alicyclic amines) is 1. The highest BCUT2D eigenvalue weighted by Crippen LogP contribution is 2.38. The standard InChI is InChI=1S/C19H31N3O2/c23-18(22-12-6-17(15-22)21-10-4-5-11-21)20-16-7-13-24-19(14-16)8-2-1-3-9-19/h4-5,16-17H,1-3,6-15H2,(H,20,23)/t16-,17-/m1/s1. The highest BCUT2D eigenvalue weighted by atomic mass is 16.5. The first-order chi connectivity index (χ1) is 11.7. The fourth-order valence-electron chi connectivity index (χ4n) is 4.98. The number of carbonyl (C=O) groups excluding carboxylic acids is 1. The quantitative estimate of drug-likeness (QED) is 0.790. The first-order valence-electron chi connectivity index (χ1n) is 9.83. The van der Waals surface area contributed by atoms with Gasteiger partial charge in [-0.1, -0.05) is 31.4 Å². The molecule has 1 aliphatic carbocycles. The second-order valence-corrected chi connectivity index (χ2v) is 8.05. The van der Waals surface area contributed by atoms with E-state index >= 15 is 0 Å². The minimum Gasteiger partial charge on any atom is -0.375 e. The lowest BCUT2D eigenvalue weighted by molar-refractivity contribution is -0.108. The largest absolute Gasteiger partial charge is 0.375 e. The summed E-state index contributed by atoms with van der Waals surface area (Å²) in [4.78, 5) is 17.2. The summed E-state index contributed by atoms with van der Waals surface area (Å²) in [6, 6.07) is 0.962. The van der Waals surface area contributed by atoms with Crippen LogP contribution in [0.2, 0.25) is 0 Å². The van der Waals surface area contributed by atoms with Gasteiger partial charge in [-0.2, -0.15) is 0 Å². The maximum Gasteiger partial charge on any atom is 0.317 e. The Hall–Kier alpha value is -1.07. The molecule has 0 unspecified atom stereocenters. The SMILES string of the molecule is O=C(N[C@@H]1CCOC2(CCCCC2)C1)N1CC[C@@H](N2CC=CC2)C1. The normalized spacial score (nSPS) is 33.2. The lowest BCUT2D eigenvalue weighted by Gasteiger charge is -2.43. The number of amides is 2. The molecular formula is C19H31N3O2. The van der Waals surface area contributed by atoms with E-state index in [1.165, 1.54) is 32.1 Å². The molecule has 0 bridgehead atoms.